The van der Waals surface area contributed by atoms with Crippen LogP contribution in [0.2, 0.25) is 5.02 Å². The SMILES string of the molecule is CCc1c(C(=O)NCC(C)C)cnn1-c1cccc(Cl)c1. The maximum Gasteiger partial charge on any atom is 0.254 e. The van der Waals surface area contributed by atoms with Crippen LogP contribution in [0.1, 0.15) is 36.8 Å². The molecule has 4 nitrogen and oxygen atoms in total. The zero-order chi connectivity index (χ0) is 15.4. The van der Waals surface area contributed by atoms with Crippen molar-refractivity contribution in [1.82, 2.24) is 15.1 Å². The minimum absolute atomic E-state index is 0.0752. The number of nitrogens with zero attached hydrogens (tertiary/aromatic N) is 2. The van der Waals surface area contributed by atoms with E-state index in [4.69, 9.17) is 11.6 Å². The Morgan fingerprint density at radius 1 is 1.43 bits per heavy atom. The summed E-state index contributed by atoms with van der Waals surface area (Å²) in [5.41, 5.74) is 2.37. The summed E-state index contributed by atoms with van der Waals surface area (Å²) in [6, 6.07) is 7.45. The summed E-state index contributed by atoms with van der Waals surface area (Å²) in [5.74, 6) is 0.343. The van der Waals surface area contributed by atoms with Crippen molar-refractivity contribution in [2.75, 3.05) is 6.54 Å². The van der Waals surface area contributed by atoms with Crippen molar-refractivity contribution in [3.8, 4) is 5.69 Å². The maximum absolute atomic E-state index is 12.2. The molecule has 0 fully saturated rings. The van der Waals surface area contributed by atoms with Crippen LogP contribution in [0.5, 0.6) is 0 Å². The number of nitrogens with one attached hydrogen (secondary N) is 1. The Morgan fingerprint density at radius 3 is 2.81 bits per heavy atom. The van der Waals surface area contributed by atoms with Crippen molar-refractivity contribution in [3.05, 3.63) is 46.7 Å². The highest BCUT2D eigenvalue weighted by Gasteiger charge is 2.17. The Bertz CT molecular complexity index is 634. The van der Waals surface area contributed by atoms with Crippen molar-refractivity contribution in [2.45, 2.75) is 27.2 Å². The van der Waals surface area contributed by atoms with Crippen molar-refractivity contribution >= 4 is 17.5 Å². The van der Waals surface area contributed by atoms with Gasteiger partial charge in [-0.1, -0.05) is 38.4 Å². The summed E-state index contributed by atoms with van der Waals surface area (Å²) >= 11 is 6.02. The van der Waals surface area contributed by atoms with Gasteiger partial charge in [-0.05, 0) is 30.5 Å². The number of benzene rings is 1. The molecule has 0 unspecified atom stereocenters. The van der Waals surface area contributed by atoms with E-state index in [-0.39, 0.29) is 5.91 Å². The number of carbonyl (C=O) groups is 1. The van der Waals surface area contributed by atoms with E-state index in [2.05, 4.69) is 24.3 Å². The topological polar surface area (TPSA) is 46.9 Å². The van der Waals surface area contributed by atoms with Gasteiger partial charge in [0.25, 0.3) is 5.91 Å². The van der Waals surface area contributed by atoms with Gasteiger partial charge in [0, 0.05) is 11.6 Å². The van der Waals surface area contributed by atoms with Gasteiger partial charge in [0.2, 0.25) is 0 Å². The molecule has 5 heteroatoms. The fraction of sp³-hybridized carbons (Fsp3) is 0.375. The van der Waals surface area contributed by atoms with Crippen LogP contribution < -0.4 is 5.32 Å². The smallest absolute Gasteiger partial charge is 0.254 e. The lowest BCUT2D eigenvalue weighted by Gasteiger charge is -2.10. The van der Waals surface area contributed by atoms with E-state index in [0.717, 1.165) is 17.8 Å². The van der Waals surface area contributed by atoms with Gasteiger partial charge in [-0.2, -0.15) is 5.10 Å². The van der Waals surface area contributed by atoms with E-state index in [1.165, 1.54) is 0 Å². The number of hydrogen-bond donors (Lipinski definition) is 1. The summed E-state index contributed by atoms with van der Waals surface area (Å²) in [4.78, 5) is 12.2. The second-order valence-electron chi connectivity index (χ2n) is 5.35. The predicted octanol–water partition coefficient (Wildman–Crippen LogP) is 3.47. The second kappa shape index (κ2) is 6.76. The van der Waals surface area contributed by atoms with Gasteiger partial charge < -0.3 is 5.32 Å². The van der Waals surface area contributed by atoms with Crippen LogP contribution in [0.4, 0.5) is 0 Å². The largest absolute Gasteiger partial charge is 0.352 e. The highest BCUT2D eigenvalue weighted by molar-refractivity contribution is 6.30. The third-order valence-corrected chi connectivity index (χ3v) is 3.41. The summed E-state index contributed by atoms with van der Waals surface area (Å²) in [6.45, 7) is 6.80. The number of halogens is 1. The van der Waals surface area contributed by atoms with Crippen molar-refractivity contribution in [1.29, 1.82) is 0 Å². The first-order valence-corrected chi connectivity index (χ1v) is 7.51. The van der Waals surface area contributed by atoms with Crippen LogP contribution in [-0.4, -0.2) is 22.2 Å². The normalized spacial score (nSPS) is 10.9. The van der Waals surface area contributed by atoms with E-state index >= 15 is 0 Å². The number of carbonyl (C=O) groups excluding carboxylic acids is 1. The molecule has 0 atom stereocenters. The highest BCUT2D eigenvalue weighted by atomic mass is 35.5. The lowest BCUT2D eigenvalue weighted by molar-refractivity contribution is 0.0948. The van der Waals surface area contributed by atoms with Crippen LogP contribution in [-0.2, 0) is 6.42 Å². The standard InChI is InChI=1S/C16H20ClN3O/c1-4-15-14(16(21)18-9-11(2)3)10-19-20(15)13-7-5-6-12(17)8-13/h5-8,10-11H,4,9H2,1-3H3,(H,18,21). The van der Waals surface area contributed by atoms with Gasteiger partial charge in [0.15, 0.2) is 0 Å². The summed E-state index contributed by atoms with van der Waals surface area (Å²) < 4.78 is 1.77. The molecule has 0 saturated carbocycles. The summed E-state index contributed by atoms with van der Waals surface area (Å²) in [5, 5.41) is 7.92. The van der Waals surface area contributed by atoms with Gasteiger partial charge in [0.05, 0.1) is 23.1 Å². The summed E-state index contributed by atoms with van der Waals surface area (Å²) in [7, 11) is 0. The molecular weight excluding hydrogens is 286 g/mol. The first-order valence-electron chi connectivity index (χ1n) is 7.14. The molecule has 2 rings (SSSR count). The predicted molar refractivity (Wildman–Crippen MR) is 85.1 cm³/mol. The molecule has 1 amide bonds. The third kappa shape index (κ3) is 3.64. The molecule has 112 valence electrons. The molecule has 0 radical (unpaired) electrons. The van der Waals surface area contributed by atoms with Crippen LogP contribution in [0, 0.1) is 5.92 Å². The molecule has 0 spiro atoms. The Labute approximate surface area is 130 Å². The van der Waals surface area contributed by atoms with Gasteiger partial charge in [0.1, 0.15) is 0 Å². The molecule has 0 aliphatic rings. The maximum atomic E-state index is 12.2. The zero-order valence-corrected chi connectivity index (χ0v) is 13.3. The minimum atomic E-state index is -0.0752. The number of amides is 1. The van der Waals surface area contributed by atoms with Crippen molar-refractivity contribution in [3.63, 3.8) is 0 Å². The first-order chi connectivity index (χ1) is 10.0. The van der Waals surface area contributed by atoms with E-state index in [0.29, 0.717) is 23.0 Å². The van der Waals surface area contributed by atoms with Crippen LogP contribution in [0.3, 0.4) is 0 Å². The van der Waals surface area contributed by atoms with Gasteiger partial charge >= 0.3 is 0 Å². The fourth-order valence-corrected chi connectivity index (χ4v) is 2.31. The van der Waals surface area contributed by atoms with Crippen molar-refractivity contribution < 1.29 is 4.79 Å². The Balaban J connectivity index is 2.32. The monoisotopic (exact) mass is 305 g/mol. The van der Waals surface area contributed by atoms with Gasteiger partial charge in [-0.3, -0.25) is 4.79 Å². The minimum Gasteiger partial charge on any atom is -0.352 e. The van der Waals surface area contributed by atoms with E-state index in [1.54, 1.807) is 10.9 Å². The molecule has 1 aromatic heterocycles. The van der Waals surface area contributed by atoms with Gasteiger partial charge in [-0.25, -0.2) is 4.68 Å². The Hall–Kier alpha value is -1.81. The Kier molecular flexibility index (Phi) is 5.02. The Morgan fingerprint density at radius 2 is 2.19 bits per heavy atom. The van der Waals surface area contributed by atoms with Crippen LogP contribution in [0.15, 0.2) is 30.5 Å². The summed E-state index contributed by atoms with van der Waals surface area (Å²) in [6.07, 6.45) is 2.34. The van der Waals surface area contributed by atoms with E-state index in [1.807, 2.05) is 31.2 Å². The van der Waals surface area contributed by atoms with Crippen LogP contribution in [0.25, 0.3) is 5.69 Å². The van der Waals surface area contributed by atoms with E-state index < -0.39 is 0 Å². The molecule has 0 aliphatic carbocycles. The molecule has 0 bridgehead atoms. The second-order valence-corrected chi connectivity index (χ2v) is 5.79. The fourth-order valence-electron chi connectivity index (χ4n) is 2.13. The molecule has 0 aliphatic heterocycles. The average molecular weight is 306 g/mol. The number of aromatic nitrogens is 2. The molecular formula is C16H20ClN3O. The molecule has 1 N–H and O–H groups in total. The lowest BCUT2D eigenvalue weighted by Crippen LogP contribution is -2.28. The molecule has 1 aromatic carbocycles. The quantitative estimate of drug-likeness (QED) is 0.919. The number of rotatable bonds is 5. The van der Waals surface area contributed by atoms with Crippen LogP contribution >= 0.6 is 11.6 Å². The van der Waals surface area contributed by atoms with Gasteiger partial charge in [-0.15, -0.1) is 0 Å². The average Bonchev–Trinajstić information content (AvgIpc) is 2.88. The highest BCUT2D eigenvalue weighted by Crippen LogP contribution is 2.19. The van der Waals surface area contributed by atoms with E-state index in [9.17, 15) is 4.79 Å². The zero-order valence-electron chi connectivity index (χ0n) is 12.6. The lowest BCUT2D eigenvalue weighted by atomic mass is 10.1. The first kappa shape index (κ1) is 15.6. The molecule has 1 heterocycles. The van der Waals surface area contributed by atoms with Crippen molar-refractivity contribution in [2.24, 2.45) is 5.92 Å². The molecule has 2 aromatic rings. The number of hydrogen-bond acceptors (Lipinski definition) is 2. The molecule has 21 heavy (non-hydrogen) atoms. The molecule has 0 saturated heterocycles. The third-order valence-electron chi connectivity index (χ3n) is 3.17.